The molecule has 0 amide bonds. The Bertz CT molecular complexity index is 129. The minimum Gasteiger partial charge on any atom is -0.383 e. The van der Waals surface area contributed by atoms with Crippen LogP contribution in [0.25, 0.3) is 0 Å². The molecule has 0 heterocycles. The van der Waals surface area contributed by atoms with Gasteiger partial charge in [-0.1, -0.05) is 13.8 Å². The molecule has 0 saturated carbocycles. The van der Waals surface area contributed by atoms with Crippen LogP contribution < -0.4 is 0 Å². The van der Waals surface area contributed by atoms with Gasteiger partial charge in [-0.3, -0.25) is 0 Å². The number of hydrogen-bond acceptors (Lipinski definition) is 3. The number of ether oxygens (including phenoxy) is 1. The minimum absolute atomic E-state index is 0.534. The monoisotopic (exact) mass is 156 g/mol. The maximum atomic E-state index is 8.62. The van der Waals surface area contributed by atoms with Crippen LogP contribution in [0.2, 0.25) is 0 Å². The first kappa shape index (κ1) is 10.2. The average Bonchev–Trinajstić information content (AvgIpc) is 1.97. The molecule has 0 aliphatic carbocycles. The van der Waals surface area contributed by atoms with E-state index in [4.69, 9.17) is 10.00 Å². The summed E-state index contributed by atoms with van der Waals surface area (Å²) >= 11 is 0. The van der Waals surface area contributed by atoms with Crippen LogP contribution in [0.5, 0.6) is 0 Å². The molecule has 0 fully saturated rings. The molecule has 64 valence electrons. The zero-order chi connectivity index (χ0) is 8.69. The first-order valence-corrected chi connectivity index (χ1v) is 3.84. The van der Waals surface area contributed by atoms with E-state index in [1.807, 2.05) is 0 Å². The molecule has 0 aliphatic heterocycles. The van der Waals surface area contributed by atoms with Crippen LogP contribution in [0.1, 0.15) is 13.8 Å². The Morgan fingerprint density at radius 2 is 2.18 bits per heavy atom. The molecule has 0 atom stereocenters. The fourth-order valence-corrected chi connectivity index (χ4v) is 0.824. The van der Waals surface area contributed by atoms with Gasteiger partial charge in [-0.15, -0.1) is 0 Å². The number of hydrogen-bond donors (Lipinski definition) is 0. The average molecular weight is 156 g/mol. The maximum Gasteiger partial charge on any atom is 0.179 e. The molecule has 11 heavy (non-hydrogen) atoms. The van der Waals surface area contributed by atoms with Crippen LogP contribution in [0.3, 0.4) is 0 Å². The standard InChI is InChI=1S/C8H16N2O/c1-8(2)6-10(7-9)4-5-11-3/h8H,4-6H2,1-3H3. The van der Waals surface area contributed by atoms with Crippen LogP contribution >= 0.6 is 0 Å². The molecular weight excluding hydrogens is 140 g/mol. The predicted octanol–water partition coefficient (Wildman–Crippen LogP) is 1.07. The molecule has 0 spiro atoms. The molecule has 3 heteroatoms. The van der Waals surface area contributed by atoms with E-state index < -0.39 is 0 Å². The number of rotatable bonds is 5. The summed E-state index contributed by atoms with van der Waals surface area (Å²) in [4.78, 5) is 1.72. The molecule has 0 aliphatic rings. The van der Waals surface area contributed by atoms with Crippen molar-refractivity contribution < 1.29 is 4.74 Å². The quantitative estimate of drug-likeness (QED) is 0.441. The summed E-state index contributed by atoms with van der Waals surface area (Å²) in [7, 11) is 1.64. The van der Waals surface area contributed by atoms with E-state index in [0.29, 0.717) is 19.1 Å². The van der Waals surface area contributed by atoms with Gasteiger partial charge in [0.2, 0.25) is 0 Å². The highest BCUT2D eigenvalue weighted by atomic mass is 16.5. The van der Waals surface area contributed by atoms with E-state index >= 15 is 0 Å². The first-order chi connectivity index (χ1) is 5.20. The largest absolute Gasteiger partial charge is 0.383 e. The zero-order valence-corrected chi connectivity index (χ0v) is 7.50. The van der Waals surface area contributed by atoms with Gasteiger partial charge >= 0.3 is 0 Å². The third kappa shape index (κ3) is 5.68. The molecule has 0 rings (SSSR count). The fraction of sp³-hybridized carbons (Fsp3) is 0.875. The second-order valence-electron chi connectivity index (χ2n) is 2.93. The summed E-state index contributed by atoms with van der Waals surface area (Å²) in [5, 5.41) is 8.62. The van der Waals surface area contributed by atoms with Crippen molar-refractivity contribution in [2.75, 3.05) is 26.8 Å². The van der Waals surface area contributed by atoms with Crippen LogP contribution in [0, 0.1) is 17.4 Å². The molecule has 0 aromatic rings. The normalized spacial score (nSPS) is 9.73. The van der Waals surface area contributed by atoms with E-state index in [1.165, 1.54) is 0 Å². The van der Waals surface area contributed by atoms with Crippen LogP contribution in [0.4, 0.5) is 0 Å². The van der Waals surface area contributed by atoms with Gasteiger partial charge in [0.25, 0.3) is 0 Å². The van der Waals surface area contributed by atoms with Crippen molar-refractivity contribution in [2.24, 2.45) is 5.92 Å². The smallest absolute Gasteiger partial charge is 0.179 e. The molecule has 0 N–H and O–H groups in total. The Balaban J connectivity index is 3.52. The lowest BCUT2D eigenvalue weighted by atomic mass is 10.2. The van der Waals surface area contributed by atoms with Gasteiger partial charge in [0.05, 0.1) is 13.2 Å². The topological polar surface area (TPSA) is 36.3 Å². The van der Waals surface area contributed by atoms with E-state index in [9.17, 15) is 0 Å². The van der Waals surface area contributed by atoms with Gasteiger partial charge in [-0.05, 0) is 5.92 Å². The van der Waals surface area contributed by atoms with E-state index in [-0.39, 0.29) is 0 Å². The SMILES string of the molecule is COCCN(C#N)CC(C)C. The van der Waals surface area contributed by atoms with Crippen molar-refractivity contribution in [3.05, 3.63) is 0 Å². The molecule has 0 unspecified atom stereocenters. The lowest BCUT2D eigenvalue weighted by molar-refractivity contribution is 0.167. The highest BCUT2D eigenvalue weighted by Gasteiger charge is 2.02. The summed E-state index contributed by atoms with van der Waals surface area (Å²) < 4.78 is 4.86. The summed E-state index contributed by atoms with van der Waals surface area (Å²) in [5.41, 5.74) is 0. The molecule has 0 radical (unpaired) electrons. The van der Waals surface area contributed by atoms with Crippen molar-refractivity contribution in [3.63, 3.8) is 0 Å². The van der Waals surface area contributed by atoms with Gasteiger partial charge in [0.15, 0.2) is 6.19 Å². The summed E-state index contributed by atoms with van der Waals surface area (Å²) in [6.45, 7) is 6.33. The molecule has 0 aromatic carbocycles. The Kier molecular flexibility index (Phi) is 5.58. The molecular formula is C8H16N2O. The van der Waals surface area contributed by atoms with Crippen molar-refractivity contribution >= 4 is 0 Å². The Labute approximate surface area is 68.6 Å². The predicted molar refractivity (Wildman–Crippen MR) is 43.9 cm³/mol. The number of nitrogens with zero attached hydrogens (tertiary/aromatic N) is 2. The number of nitriles is 1. The van der Waals surface area contributed by atoms with Crippen molar-refractivity contribution in [1.29, 1.82) is 5.26 Å². The van der Waals surface area contributed by atoms with E-state index in [1.54, 1.807) is 12.0 Å². The molecule has 0 saturated heterocycles. The minimum atomic E-state index is 0.534. The zero-order valence-electron chi connectivity index (χ0n) is 7.50. The third-order valence-corrected chi connectivity index (χ3v) is 1.29. The van der Waals surface area contributed by atoms with Gasteiger partial charge in [-0.2, -0.15) is 5.26 Å². The maximum absolute atomic E-state index is 8.62. The van der Waals surface area contributed by atoms with Crippen LogP contribution in [-0.2, 0) is 4.74 Å². The lowest BCUT2D eigenvalue weighted by Crippen LogP contribution is -2.26. The fourth-order valence-electron chi connectivity index (χ4n) is 0.824. The lowest BCUT2D eigenvalue weighted by Gasteiger charge is -2.16. The molecule has 3 nitrogen and oxygen atoms in total. The van der Waals surface area contributed by atoms with Gasteiger partial charge < -0.3 is 9.64 Å². The summed E-state index contributed by atoms with van der Waals surface area (Å²) in [6.07, 6.45) is 2.12. The van der Waals surface area contributed by atoms with Crippen LogP contribution in [0.15, 0.2) is 0 Å². The van der Waals surface area contributed by atoms with Gasteiger partial charge in [0.1, 0.15) is 0 Å². The summed E-state index contributed by atoms with van der Waals surface area (Å²) in [6, 6.07) is 0. The second kappa shape index (κ2) is 5.99. The van der Waals surface area contributed by atoms with E-state index in [2.05, 4.69) is 20.0 Å². The highest BCUT2D eigenvalue weighted by molar-refractivity contribution is 4.73. The Morgan fingerprint density at radius 1 is 1.55 bits per heavy atom. The highest BCUT2D eigenvalue weighted by Crippen LogP contribution is 1.96. The van der Waals surface area contributed by atoms with Gasteiger partial charge in [0, 0.05) is 13.7 Å². The summed E-state index contributed by atoms with van der Waals surface area (Å²) in [5.74, 6) is 0.534. The Hall–Kier alpha value is -0.750. The third-order valence-electron chi connectivity index (χ3n) is 1.29. The van der Waals surface area contributed by atoms with Crippen molar-refractivity contribution in [1.82, 2.24) is 4.90 Å². The van der Waals surface area contributed by atoms with Crippen LogP contribution in [-0.4, -0.2) is 31.7 Å². The molecule has 0 bridgehead atoms. The van der Waals surface area contributed by atoms with E-state index in [0.717, 1.165) is 6.54 Å². The second-order valence-corrected chi connectivity index (χ2v) is 2.93. The Morgan fingerprint density at radius 3 is 2.55 bits per heavy atom. The van der Waals surface area contributed by atoms with Gasteiger partial charge in [-0.25, -0.2) is 0 Å². The first-order valence-electron chi connectivity index (χ1n) is 3.84. The number of methoxy groups -OCH3 is 1. The van der Waals surface area contributed by atoms with Crippen molar-refractivity contribution in [3.8, 4) is 6.19 Å². The molecule has 0 aromatic heterocycles. The van der Waals surface area contributed by atoms with Crippen molar-refractivity contribution in [2.45, 2.75) is 13.8 Å².